The molecule has 2 atom stereocenters. The quantitative estimate of drug-likeness (QED) is 0.108. The Bertz CT molecular complexity index is 446. The van der Waals surface area contributed by atoms with Crippen molar-refractivity contribution < 1.29 is 15.0 Å². The molecule has 0 aromatic rings. The van der Waals surface area contributed by atoms with Crippen LogP contribution in [0.5, 0.6) is 0 Å². The molecule has 4 nitrogen and oxygen atoms in total. The first-order valence-electron chi connectivity index (χ1n) is 15.3. The van der Waals surface area contributed by atoms with Crippen LogP contribution < -0.4 is 5.73 Å². The van der Waals surface area contributed by atoms with Crippen LogP contribution in [0.15, 0.2) is 0 Å². The summed E-state index contributed by atoms with van der Waals surface area (Å²) in [5, 5.41) is 18.3. The molecule has 36 heavy (non-hydrogen) atoms. The Kier molecular flexibility index (Phi) is 32.6. The lowest BCUT2D eigenvalue weighted by Gasteiger charge is -2.38. The summed E-state index contributed by atoms with van der Waals surface area (Å²) in [6.07, 6.45) is 28.7. The van der Waals surface area contributed by atoms with Gasteiger partial charge in [0.15, 0.2) is 0 Å². The zero-order valence-corrected chi connectivity index (χ0v) is 25.8. The van der Waals surface area contributed by atoms with Crippen LogP contribution in [0.3, 0.4) is 0 Å². The molecule has 5 heteroatoms. The molecule has 4 N–H and O–H groups in total. The maximum atomic E-state index is 10.6. The molecule has 0 heterocycles. The van der Waals surface area contributed by atoms with E-state index in [4.69, 9.17) is 5.11 Å². The van der Waals surface area contributed by atoms with Gasteiger partial charge in [-0.25, -0.2) is 0 Å². The average Bonchev–Trinajstić information content (AvgIpc) is 2.84. The van der Waals surface area contributed by atoms with Crippen LogP contribution in [0.2, 0.25) is 0 Å². The van der Waals surface area contributed by atoms with Crippen molar-refractivity contribution in [1.82, 2.24) is 0 Å². The third kappa shape index (κ3) is 25.3. The van der Waals surface area contributed by atoms with E-state index in [2.05, 4.69) is 40.4 Å². The van der Waals surface area contributed by atoms with E-state index >= 15 is 0 Å². The Hall–Kier alpha value is -0.320. The third-order valence-electron chi connectivity index (χ3n) is 7.77. The van der Waals surface area contributed by atoms with Crippen LogP contribution in [0.25, 0.3) is 0 Å². The van der Waals surface area contributed by atoms with Crippen molar-refractivity contribution in [1.29, 1.82) is 0 Å². The molecule has 220 valence electrons. The number of unbranched alkanes of at least 4 members (excludes halogenated alkanes) is 16. The zero-order valence-electron chi connectivity index (χ0n) is 25.0. The van der Waals surface area contributed by atoms with Gasteiger partial charge in [-0.05, 0) is 30.6 Å². The molecule has 2 unspecified atom stereocenters. The predicted octanol–water partition coefficient (Wildman–Crippen LogP) is 9.13. The Balaban J connectivity index is -0.00000164. The Morgan fingerprint density at radius 1 is 0.667 bits per heavy atom. The number of carbonyl (C=O) groups excluding carboxylic acids is 1. The van der Waals surface area contributed by atoms with E-state index in [1.807, 2.05) is 0 Å². The number of halogens is 1. The Morgan fingerprint density at radius 3 is 1.19 bits per heavy atom. The maximum absolute atomic E-state index is 10.6. The van der Waals surface area contributed by atoms with Crippen LogP contribution in [-0.4, -0.2) is 28.8 Å². The van der Waals surface area contributed by atoms with E-state index < -0.39 is 12.5 Å². The molecule has 0 saturated carbocycles. The van der Waals surface area contributed by atoms with Crippen molar-refractivity contribution >= 4 is 18.3 Å². The van der Waals surface area contributed by atoms with Gasteiger partial charge in [-0.1, -0.05) is 150 Å². The summed E-state index contributed by atoms with van der Waals surface area (Å²) < 4.78 is 0. The molecule has 0 fully saturated rings. The number of hydrogen-bond acceptors (Lipinski definition) is 3. The lowest BCUT2D eigenvalue weighted by Crippen LogP contribution is -2.36. The van der Waals surface area contributed by atoms with Crippen LogP contribution >= 0.6 is 12.4 Å². The lowest BCUT2D eigenvalue weighted by molar-refractivity contribution is -0.120. The van der Waals surface area contributed by atoms with E-state index in [1.165, 1.54) is 128 Å². The van der Waals surface area contributed by atoms with Crippen molar-refractivity contribution in [2.24, 2.45) is 17.1 Å². The second-order valence-electron chi connectivity index (χ2n) is 11.3. The first kappa shape index (κ1) is 40.2. The number of rotatable bonds is 24. The number of carbonyl (C=O) groups is 1. The van der Waals surface area contributed by atoms with E-state index in [0.29, 0.717) is 5.92 Å². The summed E-state index contributed by atoms with van der Waals surface area (Å²) in [4.78, 5) is 9.34. The van der Waals surface area contributed by atoms with Gasteiger partial charge in [0.25, 0.3) is 0 Å². The van der Waals surface area contributed by atoms with E-state index in [-0.39, 0.29) is 23.9 Å². The van der Waals surface area contributed by atoms with E-state index in [9.17, 15) is 9.90 Å². The van der Waals surface area contributed by atoms with Crippen LogP contribution in [0.1, 0.15) is 169 Å². The number of nitrogens with two attached hydrogens (primary N) is 1. The molecule has 1 amide bonds. The molecular weight excluding hydrogens is 470 g/mol. The monoisotopic (exact) mass is 535 g/mol. The molecular formula is C31H66ClNO3. The average molecular weight is 536 g/mol. The minimum Gasteiger partial charge on any atom is -0.393 e. The maximum Gasteiger partial charge on any atom is 0.243 e. The summed E-state index contributed by atoms with van der Waals surface area (Å²) in [6, 6.07) is 0. The number of aliphatic hydroxyl groups is 2. The SMILES string of the molecule is CCCCCCCCCCCCC(CCCCCCCCCC)C(C)(C)C(O)CC.Cl.NC(=O)CO. The van der Waals surface area contributed by atoms with E-state index in [0.717, 1.165) is 6.42 Å². The molecule has 0 aliphatic carbocycles. The normalized spacial score (nSPS) is 12.9. The van der Waals surface area contributed by atoms with Gasteiger partial charge in [0.05, 0.1) is 6.10 Å². The second kappa shape index (κ2) is 29.2. The summed E-state index contributed by atoms with van der Waals surface area (Å²) in [6.45, 7) is 10.8. The fourth-order valence-electron chi connectivity index (χ4n) is 5.09. The fraction of sp³-hybridized carbons (Fsp3) is 0.968. The fourth-order valence-corrected chi connectivity index (χ4v) is 5.09. The van der Waals surface area contributed by atoms with Crippen molar-refractivity contribution in [3.63, 3.8) is 0 Å². The van der Waals surface area contributed by atoms with Gasteiger partial charge in [-0.2, -0.15) is 0 Å². The molecule has 0 aliphatic heterocycles. The second-order valence-corrected chi connectivity index (χ2v) is 11.3. The van der Waals surface area contributed by atoms with Gasteiger partial charge in [-0.3, -0.25) is 4.79 Å². The third-order valence-corrected chi connectivity index (χ3v) is 7.77. The first-order chi connectivity index (χ1) is 16.8. The Labute approximate surface area is 232 Å². The molecule has 0 spiro atoms. The van der Waals surface area contributed by atoms with Crippen LogP contribution in [0.4, 0.5) is 0 Å². The highest BCUT2D eigenvalue weighted by atomic mass is 35.5. The highest BCUT2D eigenvalue weighted by Crippen LogP contribution is 2.39. The smallest absolute Gasteiger partial charge is 0.243 e. The van der Waals surface area contributed by atoms with Gasteiger partial charge in [0.2, 0.25) is 5.91 Å². The highest BCUT2D eigenvalue weighted by Gasteiger charge is 2.34. The molecule has 0 aliphatic rings. The highest BCUT2D eigenvalue weighted by molar-refractivity contribution is 5.85. The number of hydrogen-bond donors (Lipinski definition) is 3. The zero-order chi connectivity index (χ0) is 26.8. The molecule has 0 aromatic carbocycles. The largest absolute Gasteiger partial charge is 0.393 e. The number of amides is 1. The predicted molar refractivity (Wildman–Crippen MR) is 161 cm³/mol. The van der Waals surface area contributed by atoms with Crippen molar-refractivity contribution in [3.05, 3.63) is 0 Å². The summed E-state index contributed by atoms with van der Waals surface area (Å²) in [5.74, 6) is -0.00779. The van der Waals surface area contributed by atoms with Gasteiger partial charge in [0.1, 0.15) is 6.61 Å². The number of primary amides is 1. The summed E-state index contributed by atoms with van der Waals surface area (Å²) >= 11 is 0. The van der Waals surface area contributed by atoms with Gasteiger partial charge in [-0.15, -0.1) is 12.4 Å². The standard InChI is InChI=1S/C29H60O.C2H5NO2.ClH/c1-6-9-11-13-15-17-18-20-22-24-26-27(29(4,5)28(30)8-3)25-23-21-19-16-14-12-10-7-2;3-2(5)1-4;/h27-28,30H,6-26H2,1-5H3;4H,1H2,(H2,3,5);1H. The van der Waals surface area contributed by atoms with Crippen molar-refractivity contribution in [2.45, 2.75) is 176 Å². The van der Waals surface area contributed by atoms with Gasteiger partial charge >= 0.3 is 0 Å². The molecule has 0 saturated heterocycles. The lowest BCUT2D eigenvalue weighted by atomic mass is 9.69. The van der Waals surface area contributed by atoms with Gasteiger partial charge < -0.3 is 15.9 Å². The van der Waals surface area contributed by atoms with Gasteiger partial charge in [0, 0.05) is 0 Å². The molecule has 0 bridgehead atoms. The Morgan fingerprint density at radius 2 is 0.944 bits per heavy atom. The van der Waals surface area contributed by atoms with E-state index in [1.54, 1.807) is 0 Å². The summed E-state index contributed by atoms with van der Waals surface area (Å²) in [7, 11) is 0. The van der Waals surface area contributed by atoms with Crippen molar-refractivity contribution in [2.75, 3.05) is 6.61 Å². The van der Waals surface area contributed by atoms with Crippen molar-refractivity contribution in [3.8, 4) is 0 Å². The molecule has 0 aromatic heterocycles. The first-order valence-corrected chi connectivity index (χ1v) is 15.3. The van der Waals surface area contributed by atoms with Crippen LogP contribution in [-0.2, 0) is 4.79 Å². The molecule has 0 rings (SSSR count). The topological polar surface area (TPSA) is 83.5 Å². The summed E-state index contributed by atoms with van der Waals surface area (Å²) in [5.41, 5.74) is 4.47. The van der Waals surface area contributed by atoms with Crippen LogP contribution in [0, 0.1) is 11.3 Å². The number of aliphatic hydroxyl groups excluding tert-OH is 2. The minimum absolute atomic E-state index is 0. The minimum atomic E-state index is -0.690. The molecule has 0 radical (unpaired) electrons.